The molecule has 168 valence electrons. The van der Waals surface area contributed by atoms with E-state index in [9.17, 15) is 31.9 Å². The van der Waals surface area contributed by atoms with E-state index in [-0.39, 0.29) is 38.3 Å². The van der Waals surface area contributed by atoms with Crippen molar-refractivity contribution >= 4 is 29.2 Å². The summed E-state index contributed by atoms with van der Waals surface area (Å²) in [5.74, 6) is -3.11. The van der Waals surface area contributed by atoms with Crippen LogP contribution in [0.1, 0.15) is 11.1 Å². The van der Waals surface area contributed by atoms with Crippen molar-refractivity contribution in [2.45, 2.75) is 12.6 Å². The maximum atomic E-state index is 13.5. The topological polar surface area (TPSA) is 79.0 Å². The van der Waals surface area contributed by atoms with Crippen LogP contribution in [0.5, 0.6) is 5.75 Å². The second-order valence-corrected chi connectivity index (χ2v) is 7.37. The molecular weight excluding hydrogens is 434 g/mol. The summed E-state index contributed by atoms with van der Waals surface area (Å²) < 4.78 is 57.3. The first-order valence-electron chi connectivity index (χ1n) is 9.67. The first-order valence-corrected chi connectivity index (χ1v) is 9.67. The Hall–Kier alpha value is -3.63. The number of hydrogen-bond donors (Lipinski definition) is 1. The first-order chi connectivity index (χ1) is 15.1. The molecule has 4 rings (SSSR count). The smallest absolute Gasteiger partial charge is 0.419 e. The van der Waals surface area contributed by atoms with Gasteiger partial charge in [-0.2, -0.15) is 13.2 Å². The molecule has 2 aliphatic heterocycles. The summed E-state index contributed by atoms with van der Waals surface area (Å²) in [6, 6.07) is 7.37. The fourth-order valence-corrected chi connectivity index (χ4v) is 3.61. The average Bonchev–Trinajstić information content (AvgIpc) is 3.12. The van der Waals surface area contributed by atoms with Crippen molar-refractivity contribution in [1.29, 1.82) is 0 Å². The van der Waals surface area contributed by atoms with E-state index < -0.39 is 35.3 Å². The maximum Gasteiger partial charge on any atom is 0.419 e. The number of ether oxygens (including phenoxy) is 1. The van der Waals surface area contributed by atoms with Crippen LogP contribution in [0, 0.1) is 5.82 Å². The molecule has 32 heavy (non-hydrogen) atoms. The molecule has 0 spiro atoms. The van der Waals surface area contributed by atoms with Crippen molar-refractivity contribution < 1.29 is 36.7 Å². The summed E-state index contributed by atoms with van der Waals surface area (Å²) in [6.07, 6.45) is -4.67. The molecule has 2 aliphatic rings. The summed E-state index contributed by atoms with van der Waals surface area (Å²) >= 11 is 0. The van der Waals surface area contributed by atoms with E-state index in [1.165, 1.54) is 17.0 Å². The molecule has 2 aromatic rings. The van der Waals surface area contributed by atoms with E-state index in [0.29, 0.717) is 17.0 Å². The van der Waals surface area contributed by atoms with Gasteiger partial charge in [0.05, 0.1) is 12.0 Å². The number of carbonyl (C=O) groups excluding carboxylic acids is 3. The molecule has 7 nitrogen and oxygen atoms in total. The minimum absolute atomic E-state index is 0.104. The van der Waals surface area contributed by atoms with E-state index in [0.717, 1.165) is 12.1 Å². The van der Waals surface area contributed by atoms with Crippen molar-refractivity contribution in [2.24, 2.45) is 0 Å². The second-order valence-electron chi connectivity index (χ2n) is 7.37. The van der Waals surface area contributed by atoms with E-state index in [2.05, 4.69) is 5.32 Å². The summed E-state index contributed by atoms with van der Waals surface area (Å²) in [6.45, 7) is 0.563. The Morgan fingerprint density at radius 3 is 2.41 bits per heavy atom. The van der Waals surface area contributed by atoms with Gasteiger partial charge in [-0.1, -0.05) is 6.07 Å². The zero-order valence-electron chi connectivity index (χ0n) is 16.5. The molecule has 0 unspecified atom stereocenters. The largest absolute Gasteiger partial charge is 0.426 e. The van der Waals surface area contributed by atoms with Crippen molar-refractivity contribution in [3.05, 3.63) is 53.3 Å². The third kappa shape index (κ3) is 4.36. The van der Waals surface area contributed by atoms with Crippen LogP contribution in [0.2, 0.25) is 0 Å². The van der Waals surface area contributed by atoms with Gasteiger partial charge in [-0.15, -0.1) is 0 Å². The van der Waals surface area contributed by atoms with Crippen molar-refractivity contribution in [3.63, 3.8) is 0 Å². The van der Waals surface area contributed by atoms with Crippen LogP contribution in [0.4, 0.5) is 28.9 Å². The number of nitrogens with one attached hydrogen (secondary N) is 1. The Morgan fingerprint density at radius 1 is 1.00 bits per heavy atom. The van der Waals surface area contributed by atoms with Crippen molar-refractivity contribution in [3.8, 4) is 5.75 Å². The number of anilines is 2. The number of alkyl halides is 3. The van der Waals surface area contributed by atoms with Crippen LogP contribution in [-0.2, 0) is 27.0 Å². The molecule has 0 bridgehead atoms. The predicted molar refractivity (Wildman–Crippen MR) is 105 cm³/mol. The fourth-order valence-electron chi connectivity index (χ4n) is 3.61. The lowest BCUT2D eigenvalue weighted by atomic mass is 10.1. The van der Waals surface area contributed by atoms with Crippen LogP contribution in [0.25, 0.3) is 0 Å². The monoisotopic (exact) mass is 451 g/mol. The number of hydrogen-bond acceptors (Lipinski definition) is 5. The van der Waals surface area contributed by atoms with Gasteiger partial charge in [0.25, 0.3) is 0 Å². The lowest BCUT2D eigenvalue weighted by molar-refractivity contribution is -0.143. The number of nitrogens with zero attached hydrogens (tertiary/aromatic N) is 2. The predicted octanol–water partition coefficient (Wildman–Crippen LogP) is 2.59. The highest BCUT2D eigenvalue weighted by Gasteiger charge is 2.35. The third-order valence-corrected chi connectivity index (χ3v) is 5.27. The molecule has 2 amide bonds. The van der Waals surface area contributed by atoms with Crippen LogP contribution >= 0.6 is 0 Å². The molecule has 0 aromatic heterocycles. The van der Waals surface area contributed by atoms with Crippen molar-refractivity contribution in [2.75, 3.05) is 36.4 Å². The number of fused-ring (bicyclic) bond motifs is 1. The fraction of sp³-hybridized carbons (Fsp3) is 0.286. The molecule has 0 aliphatic carbocycles. The minimum Gasteiger partial charge on any atom is -0.426 e. The zero-order chi connectivity index (χ0) is 23.0. The van der Waals surface area contributed by atoms with Gasteiger partial charge in [-0.25, -0.2) is 4.39 Å². The number of benzene rings is 2. The summed E-state index contributed by atoms with van der Waals surface area (Å²) in [5, 5.41) is 2.46. The Bertz CT molecular complexity index is 1090. The lowest BCUT2D eigenvalue weighted by Gasteiger charge is -2.36. The van der Waals surface area contributed by atoms with Gasteiger partial charge in [0, 0.05) is 49.2 Å². The molecule has 2 heterocycles. The highest BCUT2D eigenvalue weighted by molar-refractivity contribution is 6.39. The van der Waals surface area contributed by atoms with E-state index >= 15 is 0 Å². The van der Waals surface area contributed by atoms with Gasteiger partial charge in [0.15, 0.2) is 0 Å². The Kier molecular flexibility index (Phi) is 5.49. The van der Waals surface area contributed by atoms with Gasteiger partial charge in [-0.3, -0.25) is 14.4 Å². The number of piperazine rings is 1. The number of rotatable bonds is 2. The Balaban J connectivity index is 1.36. The van der Waals surface area contributed by atoms with Crippen LogP contribution in [0.3, 0.4) is 0 Å². The molecule has 1 N–H and O–H groups in total. The molecule has 11 heteroatoms. The molecule has 1 fully saturated rings. The number of amides is 2. The summed E-state index contributed by atoms with van der Waals surface area (Å²) in [5.41, 5.74) is -0.192. The molecule has 0 saturated carbocycles. The third-order valence-electron chi connectivity index (χ3n) is 5.27. The summed E-state index contributed by atoms with van der Waals surface area (Å²) in [7, 11) is 0. The van der Waals surface area contributed by atoms with Crippen LogP contribution in [0.15, 0.2) is 36.4 Å². The highest BCUT2D eigenvalue weighted by atomic mass is 19.4. The van der Waals surface area contributed by atoms with E-state index in [4.69, 9.17) is 4.74 Å². The molecule has 1 saturated heterocycles. The first kappa shape index (κ1) is 21.6. The standard InChI is InChI=1S/C21H17F4N3O4/c22-16-4-3-14(11-15(16)21(23,24)25)27-5-7-28(8-6-27)20(31)19(30)26-13-2-1-12-9-18(29)32-17(12)10-13/h1-4,10-11H,5-9H2,(H,26,30). The lowest BCUT2D eigenvalue weighted by Crippen LogP contribution is -2.51. The van der Waals surface area contributed by atoms with E-state index in [1.54, 1.807) is 17.0 Å². The molecule has 0 atom stereocenters. The van der Waals surface area contributed by atoms with Crippen LogP contribution in [-0.4, -0.2) is 48.9 Å². The van der Waals surface area contributed by atoms with Gasteiger partial charge in [-0.05, 0) is 24.3 Å². The molecule has 0 radical (unpaired) electrons. The van der Waals surface area contributed by atoms with Gasteiger partial charge < -0.3 is 19.9 Å². The van der Waals surface area contributed by atoms with E-state index in [1.807, 2.05) is 0 Å². The van der Waals surface area contributed by atoms with Gasteiger partial charge >= 0.3 is 24.0 Å². The maximum absolute atomic E-state index is 13.5. The average molecular weight is 451 g/mol. The minimum atomic E-state index is -4.81. The van der Waals surface area contributed by atoms with Crippen molar-refractivity contribution in [1.82, 2.24) is 4.90 Å². The van der Waals surface area contributed by atoms with Gasteiger partial charge in [0.2, 0.25) is 0 Å². The quantitative estimate of drug-likeness (QED) is 0.329. The Morgan fingerprint density at radius 2 is 1.72 bits per heavy atom. The Labute approximate surface area is 179 Å². The SMILES string of the molecule is O=C1Cc2ccc(NC(=O)C(=O)N3CCN(c4ccc(F)c(C(F)(F)F)c4)CC3)cc2O1. The number of esters is 1. The number of halogens is 4. The highest BCUT2D eigenvalue weighted by Crippen LogP contribution is 2.34. The number of carbonyl (C=O) groups is 3. The molecular formula is C21H17F4N3O4. The van der Waals surface area contributed by atoms with Crippen LogP contribution < -0.4 is 15.0 Å². The summed E-state index contributed by atoms with van der Waals surface area (Å²) in [4.78, 5) is 39.0. The normalized spacial score (nSPS) is 15.9. The molecule has 2 aromatic carbocycles. The zero-order valence-corrected chi connectivity index (χ0v) is 16.5. The van der Waals surface area contributed by atoms with Gasteiger partial charge in [0.1, 0.15) is 11.6 Å². The second kappa shape index (κ2) is 8.13.